The zero-order valence-electron chi connectivity index (χ0n) is 22.8. The molecule has 10 nitrogen and oxygen atoms in total. The van der Waals surface area contributed by atoms with Crippen LogP contribution < -0.4 is 0 Å². The first-order valence-electron chi connectivity index (χ1n) is 13.3. The Morgan fingerprint density at radius 3 is 2.03 bits per heavy atom. The van der Waals surface area contributed by atoms with Gasteiger partial charge in [-0.1, -0.05) is 20.4 Å². The number of fused-ring (bicyclic) bond motifs is 2. The third-order valence-corrected chi connectivity index (χ3v) is 10.6. The standard InChI is InChI=1S/C28H38O10/c1-12-17-8-18(35-13(2)29)21-26(7)20(36-14(3)30)9-19(33)25(6)11-28(34,23(25)26)24(38-16(5)32)27(21,10-17)22(12)37-15(4)31/h17-24,33-34H,1,8-11H2,2-7H3/t17-,18+,19+,20+,21+,22-,23-,24-,25+,26+,27+,28-/m1/s1. The van der Waals surface area contributed by atoms with E-state index < -0.39 is 88.1 Å². The summed E-state index contributed by atoms with van der Waals surface area (Å²) in [5.74, 6) is -3.80. The van der Waals surface area contributed by atoms with E-state index in [0.29, 0.717) is 18.4 Å². The number of hydrogen-bond acceptors (Lipinski definition) is 10. The van der Waals surface area contributed by atoms with Crippen molar-refractivity contribution in [2.75, 3.05) is 0 Å². The van der Waals surface area contributed by atoms with Gasteiger partial charge in [0.25, 0.3) is 0 Å². The highest BCUT2D eigenvalue weighted by molar-refractivity contribution is 5.69. The van der Waals surface area contributed by atoms with Gasteiger partial charge in [0.2, 0.25) is 0 Å². The summed E-state index contributed by atoms with van der Waals surface area (Å²) >= 11 is 0. The molecule has 0 aromatic rings. The maximum Gasteiger partial charge on any atom is 0.303 e. The van der Waals surface area contributed by atoms with Crippen molar-refractivity contribution in [3.8, 4) is 0 Å². The molecular weight excluding hydrogens is 496 g/mol. The zero-order chi connectivity index (χ0) is 28.2. The molecule has 0 aromatic heterocycles. The minimum atomic E-state index is -1.63. The first-order chi connectivity index (χ1) is 17.5. The number of rotatable bonds is 4. The van der Waals surface area contributed by atoms with Crippen LogP contribution in [0.2, 0.25) is 0 Å². The normalized spacial score (nSPS) is 50.1. The van der Waals surface area contributed by atoms with E-state index in [1.54, 1.807) is 0 Å². The molecule has 0 heterocycles. The minimum absolute atomic E-state index is 0.124. The van der Waals surface area contributed by atoms with E-state index in [2.05, 4.69) is 6.58 Å². The summed E-state index contributed by atoms with van der Waals surface area (Å²) in [5.41, 5.74) is -4.05. The third kappa shape index (κ3) is 3.25. The second-order valence-corrected chi connectivity index (χ2v) is 12.8. The van der Waals surface area contributed by atoms with Crippen LogP contribution in [0.25, 0.3) is 0 Å². The van der Waals surface area contributed by atoms with Crippen LogP contribution >= 0.6 is 0 Å². The van der Waals surface area contributed by atoms with E-state index in [1.165, 1.54) is 27.7 Å². The first-order valence-corrected chi connectivity index (χ1v) is 13.3. The van der Waals surface area contributed by atoms with Gasteiger partial charge in [0.1, 0.15) is 30.0 Å². The van der Waals surface area contributed by atoms with Gasteiger partial charge in [-0.2, -0.15) is 0 Å². The summed E-state index contributed by atoms with van der Waals surface area (Å²) in [6.07, 6.45) is -3.53. The molecule has 5 aliphatic carbocycles. The molecule has 12 atom stereocenters. The molecule has 5 fully saturated rings. The van der Waals surface area contributed by atoms with Crippen molar-refractivity contribution < 1.29 is 48.3 Å². The largest absolute Gasteiger partial charge is 0.462 e. The summed E-state index contributed by atoms with van der Waals surface area (Å²) in [5, 5.41) is 23.8. The number of ether oxygens (including phenoxy) is 4. The maximum atomic E-state index is 12.6. The lowest BCUT2D eigenvalue weighted by atomic mass is 9.28. The molecule has 2 bridgehead atoms. The van der Waals surface area contributed by atoms with Crippen LogP contribution in [0.5, 0.6) is 0 Å². The third-order valence-electron chi connectivity index (χ3n) is 10.6. The molecule has 0 aliphatic heterocycles. The lowest BCUT2D eigenvalue weighted by molar-refractivity contribution is -0.408. The second kappa shape index (κ2) is 8.27. The summed E-state index contributed by atoms with van der Waals surface area (Å²) in [7, 11) is 0. The Morgan fingerprint density at radius 1 is 0.895 bits per heavy atom. The summed E-state index contributed by atoms with van der Waals surface area (Å²) < 4.78 is 23.7. The van der Waals surface area contributed by atoms with E-state index in [9.17, 15) is 29.4 Å². The van der Waals surface area contributed by atoms with Crippen LogP contribution in [0.1, 0.15) is 67.2 Å². The molecule has 0 radical (unpaired) electrons. The van der Waals surface area contributed by atoms with Crippen molar-refractivity contribution in [1.29, 1.82) is 0 Å². The van der Waals surface area contributed by atoms with Crippen molar-refractivity contribution in [1.82, 2.24) is 0 Å². The topological polar surface area (TPSA) is 146 Å². The van der Waals surface area contributed by atoms with Crippen LogP contribution in [0.15, 0.2) is 12.2 Å². The number of hydrogen-bond donors (Lipinski definition) is 2. The molecular formula is C28H38O10. The number of aliphatic hydroxyl groups excluding tert-OH is 1. The quantitative estimate of drug-likeness (QED) is 0.311. The van der Waals surface area contributed by atoms with Gasteiger partial charge in [-0.25, -0.2) is 0 Å². The maximum absolute atomic E-state index is 12.6. The molecule has 210 valence electrons. The Kier molecular flexibility index (Phi) is 5.90. The molecule has 0 amide bonds. The van der Waals surface area contributed by atoms with Crippen molar-refractivity contribution in [2.24, 2.45) is 34.0 Å². The van der Waals surface area contributed by atoms with E-state index in [-0.39, 0.29) is 18.8 Å². The van der Waals surface area contributed by atoms with Crippen LogP contribution in [-0.4, -0.2) is 70.2 Å². The van der Waals surface area contributed by atoms with Crippen LogP contribution in [0.4, 0.5) is 0 Å². The molecule has 0 unspecified atom stereocenters. The first kappa shape index (κ1) is 27.1. The summed E-state index contributed by atoms with van der Waals surface area (Å²) in [6.45, 7) is 13.2. The highest BCUT2D eigenvalue weighted by Gasteiger charge is 2.88. The molecule has 5 aliphatic rings. The fourth-order valence-electron chi connectivity index (χ4n) is 10.1. The number of aliphatic hydroxyl groups is 2. The average molecular weight is 535 g/mol. The van der Waals surface area contributed by atoms with Crippen LogP contribution in [0, 0.1) is 34.0 Å². The van der Waals surface area contributed by atoms with E-state index in [0.717, 1.165) is 0 Å². The predicted molar refractivity (Wildman–Crippen MR) is 130 cm³/mol. The lowest BCUT2D eigenvalue weighted by Crippen LogP contribution is -2.87. The van der Waals surface area contributed by atoms with Gasteiger partial charge in [-0.3, -0.25) is 19.2 Å². The van der Waals surface area contributed by atoms with Gasteiger partial charge >= 0.3 is 23.9 Å². The van der Waals surface area contributed by atoms with Gasteiger partial charge in [-0.05, 0) is 30.8 Å². The zero-order valence-corrected chi connectivity index (χ0v) is 22.8. The Bertz CT molecular complexity index is 1120. The Morgan fingerprint density at radius 2 is 1.47 bits per heavy atom. The monoisotopic (exact) mass is 534 g/mol. The van der Waals surface area contributed by atoms with Gasteiger partial charge in [-0.15, -0.1) is 0 Å². The number of carbonyl (C=O) groups excluding carboxylic acids is 4. The molecule has 2 N–H and O–H groups in total. The van der Waals surface area contributed by atoms with Crippen molar-refractivity contribution in [2.45, 2.75) is 103 Å². The Labute approximate surface area is 222 Å². The second-order valence-electron chi connectivity index (χ2n) is 12.8. The smallest absolute Gasteiger partial charge is 0.303 e. The number of esters is 4. The van der Waals surface area contributed by atoms with Crippen molar-refractivity contribution >= 4 is 23.9 Å². The molecule has 0 saturated heterocycles. The highest BCUT2D eigenvalue weighted by Crippen LogP contribution is 2.81. The molecule has 5 saturated carbocycles. The lowest BCUT2D eigenvalue weighted by Gasteiger charge is -2.79. The minimum Gasteiger partial charge on any atom is -0.462 e. The van der Waals surface area contributed by atoms with Gasteiger partial charge in [0, 0.05) is 56.8 Å². The number of carbonyl (C=O) groups is 4. The van der Waals surface area contributed by atoms with Crippen LogP contribution in [-0.2, 0) is 38.1 Å². The SMILES string of the molecule is C=C1[C@@H]2C[C@H](OC(C)=O)[C@H]3[C@]4(C)[C@@H](OC(C)=O)C[C@H](O)[C@]5(C)C[C@@](O)([C@H]54)[C@H](OC(C)=O)[C@]3(C2)[C@@H]1OC(C)=O. The van der Waals surface area contributed by atoms with Crippen LogP contribution in [0.3, 0.4) is 0 Å². The van der Waals surface area contributed by atoms with Gasteiger partial charge in [0.15, 0.2) is 0 Å². The fraction of sp³-hybridized carbons (Fsp3) is 0.786. The van der Waals surface area contributed by atoms with E-state index in [4.69, 9.17) is 18.9 Å². The summed E-state index contributed by atoms with van der Waals surface area (Å²) in [6, 6.07) is 0. The highest BCUT2D eigenvalue weighted by atomic mass is 16.6. The van der Waals surface area contributed by atoms with E-state index >= 15 is 0 Å². The molecule has 10 heteroatoms. The summed E-state index contributed by atoms with van der Waals surface area (Å²) in [4.78, 5) is 49.7. The van der Waals surface area contributed by atoms with Gasteiger partial charge in [0.05, 0.1) is 11.5 Å². The predicted octanol–water partition coefficient (Wildman–Crippen LogP) is 1.84. The van der Waals surface area contributed by atoms with Gasteiger partial charge < -0.3 is 29.2 Å². The Hall–Kier alpha value is -2.46. The van der Waals surface area contributed by atoms with Crippen molar-refractivity contribution in [3.63, 3.8) is 0 Å². The Balaban J connectivity index is 1.82. The molecule has 1 spiro atoms. The molecule has 38 heavy (non-hydrogen) atoms. The van der Waals surface area contributed by atoms with Crippen molar-refractivity contribution in [3.05, 3.63) is 12.2 Å². The molecule has 0 aromatic carbocycles. The fourth-order valence-corrected chi connectivity index (χ4v) is 10.1. The molecule has 5 rings (SSSR count). The average Bonchev–Trinajstić information content (AvgIpc) is 2.95. The van der Waals surface area contributed by atoms with E-state index in [1.807, 2.05) is 13.8 Å².